The van der Waals surface area contributed by atoms with E-state index in [-0.39, 0.29) is 11.9 Å². The molecule has 0 aromatic heterocycles. The molecular formula is C23H23NO2S. The van der Waals surface area contributed by atoms with Crippen molar-refractivity contribution in [2.75, 3.05) is 19.4 Å². The van der Waals surface area contributed by atoms with E-state index in [9.17, 15) is 4.79 Å². The molecule has 0 saturated carbocycles. The third-order valence-electron chi connectivity index (χ3n) is 5.16. The van der Waals surface area contributed by atoms with Gasteiger partial charge >= 0.3 is 0 Å². The number of hydrogen-bond acceptors (Lipinski definition) is 3. The summed E-state index contributed by atoms with van der Waals surface area (Å²) in [6, 6.07) is 23.0. The monoisotopic (exact) mass is 377 g/mol. The molecule has 1 fully saturated rings. The van der Waals surface area contributed by atoms with Crippen molar-refractivity contribution in [3.8, 4) is 5.75 Å². The van der Waals surface area contributed by atoms with Gasteiger partial charge < -0.3 is 9.64 Å². The topological polar surface area (TPSA) is 29.5 Å². The van der Waals surface area contributed by atoms with Crippen LogP contribution in [0.25, 0.3) is 10.8 Å². The average molecular weight is 378 g/mol. The summed E-state index contributed by atoms with van der Waals surface area (Å²) in [6.07, 6.45) is 2.09. The summed E-state index contributed by atoms with van der Waals surface area (Å²) in [4.78, 5) is 16.0. The second kappa shape index (κ2) is 8.05. The molecule has 0 N–H and O–H groups in total. The van der Waals surface area contributed by atoms with E-state index in [4.69, 9.17) is 4.74 Å². The summed E-state index contributed by atoms with van der Waals surface area (Å²) >= 11 is 1.62. The van der Waals surface area contributed by atoms with Gasteiger partial charge in [0.25, 0.3) is 0 Å². The lowest BCUT2D eigenvalue weighted by molar-refractivity contribution is -0.129. The van der Waals surface area contributed by atoms with Crippen LogP contribution in [0.1, 0.15) is 24.4 Å². The van der Waals surface area contributed by atoms with E-state index in [0.29, 0.717) is 5.75 Å². The molecule has 3 aromatic carbocycles. The second-order valence-corrected chi connectivity index (χ2v) is 7.86. The molecule has 3 nitrogen and oxygen atoms in total. The highest BCUT2D eigenvalue weighted by Crippen LogP contribution is 2.34. The number of amides is 1. The maximum absolute atomic E-state index is 12.9. The lowest BCUT2D eigenvalue weighted by Gasteiger charge is -2.25. The van der Waals surface area contributed by atoms with Crippen LogP contribution in [0.5, 0.6) is 5.75 Å². The minimum atomic E-state index is 0.181. The van der Waals surface area contributed by atoms with Crippen LogP contribution in [0.4, 0.5) is 0 Å². The SMILES string of the molecule is COc1ccc([C@@H]2CCCN2C(=O)CSc2ccc3ccccc3c2)cc1. The van der Waals surface area contributed by atoms with Crippen molar-refractivity contribution in [2.45, 2.75) is 23.8 Å². The molecule has 4 rings (SSSR count). The number of benzene rings is 3. The first-order valence-electron chi connectivity index (χ1n) is 9.29. The standard InChI is InChI=1S/C23H23NO2S/c1-26-20-11-8-18(9-12-20)22-7-4-14-24(22)23(25)16-27-21-13-10-17-5-2-3-6-19(17)15-21/h2-3,5-6,8-13,15,22H,4,7,14,16H2,1H3/t22-/m0/s1. The highest BCUT2D eigenvalue weighted by molar-refractivity contribution is 8.00. The summed E-state index contributed by atoms with van der Waals surface area (Å²) in [5.74, 6) is 1.54. The van der Waals surface area contributed by atoms with Gasteiger partial charge in [0, 0.05) is 11.4 Å². The first-order valence-corrected chi connectivity index (χ1v) is 10.3. The molecule has 1 heterocycles. The molecule has 0 bridgehead atoms. The summed E-state index contributed by atoms with van der Waals surface area (Å²) in [6.45, 7) is 0.841. The third-order valence-corrected chi connectivity index (χ3v) is 6.14. The Labute approximate surface area is 164 Å². The number of nitrogens with zero attached hydrogens (tertiary/aromatic N) is 1. The summed E-state index contributed by atoms with van der Waals surface area (Å²) in [5, 5.41) is 2.44. The molecule has 1 saturated heterocycles. The molecule has 1 atom stereocenters. The van der Waals surface area contributed by atoms with E-state index < -0.39 is 0 Å². The van der Waals surface area contributed by atoms with Crippen molar-refractivity contribution < 1.29 is 9.53 Å². The average Bonchev–Trinajstić information content (AvgIpc) is 3.22. The first kappa shape index (κ1) is 17.9. The van der Waals surface area contributed by atoms with Gasteiger partial charge in [0.15, 0.2) is 0 Å². The summed E-state index contributed by atoms with van der Waals surface area (Å²) < 4.78 is 5.24. The maximum atomic E-state index is 12.9. The molecular weight excluding hydrogens is 354 g/mol. The molecule has 3 aromatic rings. The van der Waals surface area contributed by atoms with Crippen molar-refractivity contribution >= 4 is 28.4 Å². The smallest absolute Gasteiger partial charge is 0.233 e. The highest BCUT2D eigenvalue weighted by atomic mass is 32.2. The molecule has 0 aliphatic carbocycles. The summed E-state index contributed by atoms with van der Waals surface area (Å²) in [7, 11) is 1.67. The van der Waals surface area contributed by atoms with E-state index in [2.05, 4.69) is 42.5 Å². The van der Waals surface area contributed by atoms with Crippen LogP contribution in [-0.4, -0.2) is 30.2 Å². The third kappa shape index (κ3) is 3.96. The van der Waals surface area contributed by atoms with Crippen LogP contribution < -0.4 is 4.74 Å². The predicted octanol–water partition coefficient (Wildman–Crippen LogP) is 5.30. The maximum Gasteiger partial charge on any atom is 0.233 e. The fourth-order valence-electron chi connectivity index (χ4n) is 3.72. The van der Waals surface area contributed by atoms with Gasteiger partial charge in [0.1, 0.15) is 5.75 Å². The second-order valence-electron chi connectivity index (χ2n) is 6.82. The Morgan fingerprint density at radius 2 is 1.85 bits per heavy atom. The van der Waals surface area contributed by atoms with Crippen LogP contribution in [0.2, 0.25) is 0 Å². The van der Waals surface area contributed by atoms with Crippen LogP contribution in [0.3, 0.4) is 0 Å². The first-order chi connectivity index (χ1) is 13.2. The highest BCUT2D eigenvalue weighted by Gasteiger charge is 2.29. The van der Waals surface area contributed by atoms with Crippen molar-refractivity contribution in [3.63, 3.8) is 0 Å². The summed E-state index contributed by atoms with van der Waals surface area (Å²) in [5.41, 5.74) is 1.19. The quantitative estimate of drug-likeness (QED) is 0.565. The predicted molar refractivity (Wildman–Crippen MR) is 111 cm³/mol. The number of fused-ring (bicyclic) bond motifs is 1. The lowest BCUT2D eigenvalue weighted by Crippen LogP contribution is -2.31. The van der Waals surface area contributed by atoms with Crippen LogP contribution in [0.15, 0.2) is 71.6 Å². The molecule has 27 heavy (non-hydrogen) atoms. The molecule has 0 unspecified atom stereocenters. The molecule has 0 spiro atoms. The van der Waals surface area contributed by atoms with Gasteiger partial charge in [-0.2, -0.15) is 0 Å². The zero-order valence-electron chi connectivity index (χ0n) is 15.4. The number of ether oxygens (including phenoxy) is 1. The fourth-order valence-corrected chi connectivity index (χ4v) is 4.55. The van der Waals surface area contributed by atoms with Gasteiger partial charge in [-0.1, -0.05) is 42.5 Å². The molecule has 0 radical (unpaired) electrons. The van der Waals surface area contributed by atoms with Crippen LogP contribution >= 0.6 is 11.8 Å². The van der Waals surface area contributed by atoms with Crippen molar-refractivity contribution in [2.24, 2.45) is 0 Å². The molecule has 4 heteroatoms. The number of carbonyl (C=O) groups excluding carboxylic acids is 1. The minimum absolute atomic E-state index is 0.181. The Morgan fingerprint density at radius 3 is 2.63 bits per heavy atom. The molecule has 1 aliphatic heterocycles. The largest absolute Gasteiger partial charge is 0.497 e. The Morgan fingerprint density at radius 1 is 1.07 bits per heavy atom. The zero-order valence-corrected chi connectivity index (χ0v) is 16.2. The Hall–Kier alpha value is -2.46. The van der Waals surface area contributed by atoms with E-state index in [0.717, 1.165) is 30.0 Å². The van der Waals surface area contributed by atoms with Gasteiger partial charge in [-0.25, -0.2) is 0 Å². The van der Waals surface area contributed by atoms with Gasteiger partial charge in [-0.15, -0.1) is 11.8 Å². The number of thioether (sulfide) groups is 1. The number of rotatable bonds is 5. The zero-order chi connectivity index (χ0) is 18.6. The Balaban J connectivity index is 1.43. The number of carbonyl (C=O) groups is 1. The molecule has 138 valence electrons. The van der Waals surface area contributed by atoms with E-state index >= 15 is 0 Å². The Kier molecular flexibility index (Phi) is 5.35. The fraction of sp³-hybridized carbons (Fsp3) is 0.261. The number of methoxy groups -OCH3 is 1. The molecule has 1 amide bonds. The lowest BCUT2D eigenvalue weighted by atomic mass is 10.0. The van der Waals surface area contributed by atoms with E-state index in [1.165, 1.54) is 16.3 Å². The van der Waals surface area contributed by atoms with Gasteiger partial charge in [0.2, 0.25) is 5.91 Å². The van der Waals surface area contributed by atoms with Crippen molar-refractivity contribution in [1.82, 2.24) is 4.90 Å². The van der Waals surface area contributed by atoms with Gasteiger partial charge in [0.05, 0.1) is 18.9 Å². The molecule has 1 aliphatic rings. The van der Waals surface area contributed by atoms with E-state index in [1.54, 1.807) is 18.9 Å². The number of hydrogen-bond donors (Lipinski definition) is 0. The van der Waals surface area contributed by atoms with Crippen molar-refractivity contribution in [1.29, 1.82) is 0 Å². The normalized spacial score (nSPS) is 16.6. The van der Waals surface area contributed by atoms with Gasteiger partial charge in [-0.05, 0) is 53.4 Å². The van der Waals surface area contributed by atoms with Crippen LogP contribution in [-0.2, 0) is 4.79 Å². The van der Waals surface area contributed by atoms with E-state index in [1.807, 2.05) is 29.2 Å². The minimum Gasteiger partial charge on any atom is -0.497 e. The number of likely N-dealkylation sites (tertiary alicyclic amines) is 1. The van der Waals surface area contributed by atoms with Gasteiger partial charge in [-0.3, -0.25) is 4.79 Å². The van der Waals surface area contributed by atoms with Crippen LogP contribution in [0, 0.1) is 0 Å². The Bertz CT molecular complexity index is 939. The van der Waals surface area contributed by atoms with Crippen molar-refractivity contribution in [3.05, 3.63) is 72.3 Å².